The Labute approximate surface area is 93.6 Å². The van der Waals surface area contributed by atoms with E-state index in [0.29, 0.717) is 23.2 Å². The van der Waals surface area contributed by atoms with Crippen LogP contribution in [-0.4, -0.2) is 25.3 Å². The van der Waals surface area contributed by atoms with Gasteiger partial charge >= 0.3 is 0 Å². The quantitative estimate of drug-likeness (QED) is 0.779. The summed E-state index contributed by atoms with van der Waals surface area (Å²) < 4.78 is 5.56. The minimum Gasteiger partial charge on any atom is -0.490 e. The Bertz CT molecular complexity index is 424. The molecule has 0 bridgehead atoms. The third kappa shape index (κ3) is 2.39. The van der Waals surface area contributed by atoms with E-state index in [1.807, 2.05) is 0 Å². The lowest BCUT2D eigenvalue weighted by atomic mass is 10.1. The van der Waals surface area contributed by atoms with E-state index >= 15 is 0 Å². The van der Waals surface area contributed by atoms with E-state index in [9.17, 15) is 9.59 Å². The first-order valence-electron chi connectivity index (χ1n) is 5.22. The second-order valence-corrected chi connectivity index (χ2v) is 3.80. The van der Waals surface area contributed by atoms with Gasteiger partial charge in [-0.3, -0.25) is 9.59 Å². The van der Waals surface area contributed by atoms with Gasteiger partial charge in [0, 0.05) is 18.2 Å². The Morgan fingerprint density at radius 3 is 2.75 bits per heavy atom. The summed E-state index contributed by atoms with van der Waals surface area (Å²) in [5.74, 6) is 0.370. The molecule has 84 valence electrons. The maximum absolute atomic E-state index is 11.5. The topological polar surface area (TPSA) is 55.4 Å². The molecule has 0 saturated heterocycles. The van der Waals surface area contributed by atoms with E-state index in [1.54, 1.807) is 25.2 Å². The van der Waals surface area contributed by atoms with Gasteiger partial charge in [0.2, 0.25) is 0 Å². The van der Waals surface area contributed by atoms with Crippen LogP contribution in [0.2, 0.25) is 0 Å². The summed E-state index contributed by atoms with van der Waals surface area (Å²) in [4.78, 5) is 22.2. The molecule has 2 rings (SSSR count). The fourth-order valence-corrected chi connectivity index (χ4v) is 1.41. The fraction of sp³-hybridized carbons (Fsp3) is 0.333. The minimum absolute atomic E-state index is 0.218. The van der Waals surface area contributed by atoms with Crippen molar-refractivity contribution in [3.8, 4) is 5.75 Å². The molecule has 16 heavy (non-hydrogen) atoms. The third-order valence-electron chi connectivity index (χ3n) is 2.38. The van der Waals surface area contributed by atoms with Crippen LogP contribution in [-0.2, 0) is 0 Å². The minimum atomic E-state index is -0.218. The van der Waals surface area contributed by atoms with Gasteiger partial charge in [0.05, 0.1) is 6.10 Å². The molecule has 1 aliphatic rings. The lowest BCUT2D eigenvalue weighted by Gasteiger charge is -2.07. The summed E-state index contributed by atoms with van der Waals surface area (Å²) in [5.41, 5.74) is 0.902. The highest BCUT2D eigenvalue weighted by Crippen LogP contribution is 2.27. The predicted molar refractivity (Wildman–Crippen MR) is 58.9 cm³/mol. The lowest BCUT2D eigenvalue weighted by molar-refractivity contribution is 0.0962. The average Bonchev–Trinajstić information content (AvgIpc) is 3.11. The summed E-state index contributed by atoms with van der Waals surface area (Å²) in [6.07, 6.45) is 3.05. The Morgan fingerprint density at radius 2 is 2.19 bits per heavy atom. The van der Waals surface area contributed by atoms with Crippen molar-refractivity contribution in [2.75, 3.05) is 7.05 Å². The van der Waals surface area contributed by atoms with Crippen molar-refractivity contribution in [2.45, 2.75) is 18.9 Å². The predicted octanol–water partition coefficient (Wildman–Crippen LogP) is 1.40. The summed E-state index contributed by atoms with van der Waals surface area (Å²) in [5, 5.41) is 2.52. The van der Waals surface area contributed by atoms with Crippen LogP contribution in [0.5, 0.6) is 5.75 Å². The van der Waals surface area contributed by atoms with Gasteiger partial charge in [-0.2, -0.15) is 0 Å². The van der Waals surface area contributed by atoms with Gasteiger partial charge in [-0.15, -0.1) is 0 Å². The first kappa shape index (κ1) is 10.7. The van der Waals surface area contributed by atoms with Gasteiger partial charge < -0.3 is 10.1 Å². The highest BCUT2D eigenvalue weighted by Gasteiger charge is 2.24. The molecule has 0 aliphatic heterocycles. The number of nitrogens with one attached hydrogen (secondary N) is 1. The molecule has 1 N–H and O–H groups in total. The van der Waals surface area contributed by atoms with Gasteiger partial charge in [0.15, 0.2) is 0 Å². The summed E-state index contributed by atoms with van der Waals surface area (Å²) in [6.45, 7) is 0. The molecule has 0 unspecified atom stereocenters. The fourth-order valence-electron chi connectivity index (χ4n) is 1.41. The first-order valence-corrected chi connectivity index (χ1v) is 5.22. The normalized spacial score (nSPS) is 14.3. The Balaban J connectivity index is 2.28. The highest BCUT2D eigenvalue weighted by molar-refractivity contribution is 5.96. The summed E-state index contributed by atoms with van der Waals surface area (Å²) in [6, 6.07) is 4.85. The molecule has 4 nitrogen and oxygen atoms in total. The SMILES string of the molecule is CNC(=O)c1cc(C=O)cc(OC2CC2)c1. The van der Waals surface area contributed by atoms with Crippen LogP contribution < -0.4 is 10.1 Å². The number of hydrogen-bond donors (Lipinski definition) is 1. The largest absolute Gasteiger partial charge is 0.490 e. The van der Waals surface area contributed by atoms with Gasteiger partial charge in [0.1, 0.15) is 12.0 Å². The zero-order chi connectivity index (χ0) is 11.5. The zero-order valence-electron chi connectivity index (χ0n) is 9.03. The van der Waals surface area contributed by atoms with Crippen LogP contribution in [0.25, 0.3) is 0 Å². The molecule has 1 aromatic rings. The van der Waals surface area contributed by atoms with Crippen molar-refractivity contribution in [1.29, 1.82) is 0 Å². The second kappa shape index (κ2) is 4.35. The molecule has 1 aromatic carbocycles. The van der Waals surface area contributed by atoms with Crippen molar-refractivity contribution in [2.24, 2.45) is 0 Å². The van der Waals surface area contributed by atoms with Crippen LogP contribution in [0.4, 0.5) is 0 Å². The van der Waals surface area contributed by atoms with Crippen molar-refractivity contribution in [3.63, 3.8) is 0 Å². The molecule has 1 amide bonds. The monoisotopic (exact) mass is 219 g/mol. The molecule has 0 spiro atoms. The zero-order valence-corrected chi connectivity index (χ0v) is 9.03. The van der Waals surface area contributed by atoms with Crippen molar-refractivity contribution in [1.82, 2.24) is 5.32 Å². The standard InChI is InChI=1S/C12H13NO3/c1-13-12(15)9-4-8(7-14)5-11(6-9)16-10-2-3-10/h4-7,10H,2-3H2,1H3,(H,13,15). The molecule has 1 aliphatic carbocycles. The third-order valence-corrected chi connectivity index (χ3v) is 2.38. The van der Waals surface area contributed by atoms with E-state index in [1.165, 1.54) is 0 Å². The van der Waals surface area contributed by atoms with Crippen LogP contribution in [0.15, 0.2) is 18.2 Å². The van der Waals surface area contributed by atoms with Crippen molar-refractivity contribution in [3.05, 3.63) is 29.3 Å². The Morgan fingerprint density at radius 1 is 1.44 bits per heavy atom. The number of carbonyl (C=O) groups excluding carboxylic acids is 2. The second-order valence-electron chi connectivity index (χ2n) is 3.80. The molecule has 4 heteroatoms. The van der Waals surface area contributed by atoms with E-state index in [-0.39, 0.29) is 12.0 Å². The molecule has 0 aromatic heterocycles. The Kier molecular flexibility index (Phi) is 2.90. The average molecular weight is 219 g/mol. The summed E-state index contributed by atoms with van der Waals surface area (Å²) in [7, 11) is 1.55. The first-order chi connectivity index (χ1) is 7.72. The van der Waals surface area contributed by atoms with Crippen LogP contribution in [0, 0.1) is 0 Å². The van der Waals surface area contributed by atoms with Crippen molar-refractivity contribution >= 4 is 12.2 Å². The highest BCUT2D eigenvalue weighted by atomic mass is 16.5. The maximum atomic E-state index is 11.5. The molecule has 0 atom stereocenters. The van der Waals surface area contributed by atoms with E-state index in [0.717, 1.165) is 12.8 Å². The van der Waals surface area contributed by atoms with Crippen LogP contribution >= 0.6 is 0 Å². The molecule has 1 saturated carbocycles. The molecule has 1 fully saturated rings. The van der Waals surface area contributed by atoms with E-state index in [2.05, 4.69) is 5.32 Å². The molecule has 0 radical (unpaired) electrons. The maximum Gasteiger partial charge on any atom is 0.251 e. The van der Waals surface area contributed by atoms with E-state index < -0.39 is 0 Å². The van der Waals surface area contributed by atoms with Gasteiger partial charge in [-0.05, 0) is 31.0 Å². The molecular weight excluding hydrogens is 206 g/mol. The number of benzene rings is 1. The van der Waals surface area contributed by atoms with E-state index in [4.69, 9.17) is 4.74 Å². The van der Waals surface area contributed by atoms with Gasteiger partial charge in [-0.1, -0.05) is 0 Å². The molecule has 0 heterocycles. The smallest absolute Gasteiger partial charge is 0.251 e. The lowest BCUT2D eigenvalue weighted by Crippen LogP contribution is -2.18. The molecular formula is C12H13NO3. The summed E-state index contributed by atoms with van der Waals surface area (Å²) >= 11 is 0. The van der Waals surface area contributed by atoms with Crippen LogP contribution in [0.3, 0.4) is 0 Å². The van der Waals surface area contributed by atoms with Gasteiger partial charge in [0.25, 0.3) is 5.91 Å². The number of carbonyl (C=O) groups is 2. The number of rotatable bonds is 4. The van der Waals surface area contributed by atoms with Gasteiger partial charge in [-0.25, -0.2) is 0 Å². The number of ether oxygens (including phenoxy) is 1. The number of hydrogen-bond acceptors (Lipinski definition) is 3. The number of amides is 1. The van der Waals surface area contributed by atoms with Crippen molar-refractivity contribution < 1.29 is 14.3 Å². The van der Waals surface area contributed by atoms with Crippen LogP contribution in [0.1, 0.15) is 33.6 Å². The Hall–Kier alpha value is -1.84. The number of aldehydes is 1.